The van der Waals surface area contributed by atoms with Crippen molar-refractivity contribution in [2.75, 3.05) is 17.2 Å². The highest BCUT2D eigenvalue weighted by atomic mass is 35.5. The Balaban J connectivity index is 1.53. The van der Waals surface area contributed by atoms with Crippen LogP contribution < -0.4 is 10.6 Å². The van der Waals surface area contributed by atoms with Gasteiger partial charge >= 0.3 is 0 Å². The van der Waals surface area contributed by atoms with Gasteiger partial charge in [0.2, 0.25) is 5.91 Å². The van der Waals surface area contributed by atoms with Crippen LogP contribution in [0.1, 0.15) is 0 Å². The van der Waals surface area contributed by atoms with Crippen molar-refractivity contribution in [3.63, 3.8) is 0 Å². The molecule has 2 N–H and O–H groups in total. The minimum absolute atomic E-state index is 0.0233. The second-order valence-corrected chi connectivity index (χ2v) is 6.66. The molecule has 28 heavy (non-hydrogen) atoms. The number of carbonyl (C=O) groups is 1. The smallest absolute Gasteiger partial charge is 0.244 e. The summed E-state index contributed by atoms with van der Waals surface area (Å²) in [5.41, 5.74) is 1.23. The van der Waals surface area contributed by atoms with Crippen molar-refractivity contribution in [3.05, 3.63) is 64.8 Å². The zero-order valence-electron chi connectivity index (χ0n) is 14.3. The lowest BCUT2D eigenvalue weighted by Crippen LogP contribution is -2.22. The molecule has 3 heterocycles. The van der Waals surface area contributed by atoms with Crippen molar-refractivity contribution < 1.29 is 4.79 Å². The molecule has 0 spiro atoms. The first-order valence-corrected chi connectivity index (χ1v) is 8.98. The van der Waals surface area contributed by atoms with E-state index in [1.54, 1.807) is 59.2 Å². The first-order valence-electron chi connectivity index (χ1n) is 8.22. The third-order valence-corrected chi connectivity index (χ3v) is 4.18. The number of carbonyl (C=O) groups excluding carboxylic acids is 1. The predicted octanol–water partition coefficient (Wildman–Crippen LogP) is 3.54. The van der Waals surface area contributed by atoms with Crippen LogP contribution in [0.25, 0.3) is 17.0 Å². The molecule has 0 bridgehead atoms. The van der Waals surface area contributed by atoms with Gasteiger partial charge in [-0.3, -0.25) is 4.79 Å². The van der Waals surface area contributed by atoms with E-state index < -0.39 is 0 Å². The van der Waals surface area contributed by atoms with Gasteiger partial charge < -0.3 is 10.6 Å². The van der Waals surface area contributed by atoms with Crippen LogP contribution in [-0.4, -0.2) is 37.2 Å². The second-order valence-electron chi connectivity index (χ2n) is 5.79. The van der Waals surface area contributed by atoms with Crippen LogP contribution in [0.15, 0.2) is 54.7 Å². The Bertz CT molecular complexity index is 1130. The van der Waals surface area contributed by atoms with Crippen molar-refractivity contribution in [3.8, 4) is 11.4 Å². The van der Waals surface area contributed by atoms with E-state index in [1.165, 1.54) is 0 Å². The molecule has 0 radical (unpaired) electrons. The van der Waals surface area contributed by atoms with Gasteiger partial charge in [0.05, 0.1) is 6.54 Å². The third-order valence-electron chi connectivity index (χ3n) is 3.75. The molecule has 0 unspecified atom stereocenters. The van der Waals surface area contributed by atoms with E-state index in [0.29, 0.717) is 38.7 Å². The minimum atomic E-state index is -0.244. The highest BCUT2D eigenvalue weighted by molar-refractivity contribution is 6.35. The molecule has 1 aromatic carbocycles. The van der Waals surface area contributed by atoms with Crippen LogP contribution in [0, 0.1) is 0 Å². The molecule has 10 heteroatoms. The van der Waals surface area contributed by atoms with E-state index in [4.69, 9.17) is 23.2 Å². The van der Waals surface area contributed by atoms with Crippen LogP contribution in [-0.2, 0) is 4.79 Å². The lowest BCUT2D eigenvalue weighted by Gasteiger charge is -2.07. The zero-order valence-corrected chi connectivity index (χ0v) is 15.8. The van der Waals surface area contributed by atoms with E-state index in [0.717, 1.165) is 0 Å². The lowest BCUT2D eigenvalue weighted by atomic mass is 10.2. The molecule has 4 rings (SSSR count). The summed E-state index contributed by atoms with van der Waals surface area (Å²) in [7, 11) is 0. The normalized spacial score (nSPS) is 10.8. The maximum Gasteiger partial charge on any atom is 0.244 e. The summed E-state index contributed by atoms with van der Waals surface area (Å²) in [5, 5.41) is 19.3. The fourth-order valence-corrected chi connectivity index (χ4v) is 3.07. The van der Waals surface area contributed by atoms with Crippen LogP contribution in [0.2, 0.25) is 10.0 Å². The summed E-state index contributed by atoms with van der Waals surface area (Å²) < 4.78 is 1.56. The van der Waals surface area contributed by atoms with E-state index in [2.05, 4.69) is 30.9 Å². The molecule has 0 saturated carbocycles. The lowest BCUT2D eigenvalue weighted by molar-refractivity contribution is -0.114. The summed E-state index contributed by atoms with van der Waals surface area (Å²) in [6.07, 6.45) is 1.61. The molecule has 0 aliphatic carbocycles. The standard InChI is InChI=1S/C18H13Cl2N7O/c19-12-7-11(8-13(20)9-12)18-25-24-16-5-4-15(26-27(16)18)22-10-17(28)23-14-3-1-2-6-21-14/h1-9H,10H2,(H,22,26)(H,21,23,28). The molecule has 0 atom stereocenters. The van der Waals surface area contributed by atoms with Gasteiger partial charge in [-0.2, -0.15) is 4.52 Å². The largest absolute Gasteiger partial charge is 0.360 e. The number of hydrogen-bond acceptors (Lipinski definition) is 6. The van der Waals surface area contributed by atoms with Crippen LogP contribution in [0.5, 0.6) is 0 Å². The number of anilines is 2. The summed E-state index contributed by atoms with van der Waals surface area (Å²) in [5.74, 6) is 1.21. The number of hydrogen-bond donors (Lipinski definition) is 2. The average Bonchev–Trinajstić information content (AvgIpc) is 3.10. The summed E-state index contributed by atoms with van der Waals surface area (Å²) in [4.78, 5) is 16.1. The van der Waals surface area contributed by atoms with Crippen LogP contribution in [0.3, 0.4) is 0 Å². The van der Waals surface area contributed by atoms with Gasteiger partial charge in [0, 0.05) is 21.8 Å². The molecule has 140 valence electrons. The Kier molecular flexibility index (Phi) is 5.05. The Morgan fingerprint density at radius 2 is 1.82 bits per heavy atom. The van der Waals surface area contributed by atoms with Crippen LogP contribution >= 0.6 is 23.2 Å². The summed E-state index contributed by atoms with van der Waals surface area (Å²) >= 11 is 12.2. The fourth-order valence-electron chi connectivity index (χ4n) is 2.54. The van der Waals surface area contributed by atoms with Gasteiger partial charge in [0.1, 0.15) is 11.6 Å². The van der Waals surface area contributed by atoms with Gasteiger partial charge in [-0.25, -0.2) is 4.98 Å². The quantitative estimate of drug-likeness (QED) is 0.519. The number of nitrogens with zero attached hydrogens (tertiary/aromatic N) is 5. The van der Waals surface area contributed by atoms with Gasteiger partial charge in [-0.05, 0) is 42.5 Å². The Hall–Kier alpha value is -3.23. The predicted molar refractivity (Wildman–Crippen MR) is 108 cm³/mol. The molecule has 1 amide bonds. The van der Waals surface area contributed by atoms with Gasteiger partial charge in [-0.15, -0.1) is 15.3 Å². The van der Waals surface area contributed by atoms with Crippen LogP contribution in [0.4, 0.5) is 11.6 Å². The molecule has 8 nitrogen and oxygen atoms in total. The summed E-state index contributed by atoms with van der Waals surface area (Å²) in [6.45, 7) is 0.0233. The van der Waals surface area contributed by atoms with Crippen molar-refractivity contribution in [2.45, 2.75) is 0 Å². The third kappa shape index (κ3) is 4.03. The molecule has 0 aliphatic rings. The van der Waals surface area contributed by atoms with Gasteiger partial charge in [-0.1, -0.05) is 29.3 Å². The van der Waals surface area contributed by atoms with E-state index in [1.807, 2.05) is 0 Å². The number of nitrogens with one attached hydrogen (secondary N) is 2. The highest BCUT2D eigenvalue weighted by Crippen LogP contribution is 2.26. The van der Waals surface area contributed by atoms with E-state index >= 15 is 0 Å². The Morgan fingerprint density at radius 3 is 2.57 bits per heavy atom. The number of amides is 1. The fraction of sp³-hybridized carbons (Fsp3) is 0.0556. The maximum atomic E-state index is 12.1. The van der Waals surface area contributed by atoms with Gasteiger partial charge in [0.25, 0.3) is 0 Å². The monoisotopic (exact) mass is 413 g/mol. The number of fused-ring (bicyclic) bond motifs is 1. The number of aromatic nitrogens is 5. The van der Waals surface area contributed by atoms with Crippen molar-refractivity contribution in [1.82, 2.24) is 24.8 Å². The molecular weight excluding hydrogens is 401 g/mol. The van der Waals surface area contributed by atoms with Crippen molar-refractivity contribution in [2.24, 2.45) is 0 Å². The summed E-state index contributed by atoms with van der Waals surface area (Å²) in [6, 6.07) is 13.8. The van der Waals surface area contributed by atoms with Crippen molar-refractivity contribution >= 4 is 46.4 Å². The van der Waals surface area contributed by atoms with E-state index in [-0.39, 0.29) is 12.5 Å². The number of benzene rings is 1. The van der Waals surface area contributed by atoms with E-state index in [9.17, 15) is 4.79 Å². The topological polar surface area (TPSA) is 97.1 Å². The molecule has 4 aromatic rings. The molecule has 3 aromatic heterocycles. The highest BCUT2D eigenvalue weighted by Gasteiger charge is 2.12. The van der Waals surface area contributed by atoms with Gasteiger partial charge in [0.15, 0.2) is 11.5 Å². The Morgan fingerprint density at radius 1 is 1.00 bits per heavy atom. The van der Waals surface area contributed by atoms with Crippen molar-refractivity contribution in [1.29, 1.82) is 0 Å². The molecular formula is C18H13Cl2N7O. The Labute approximate surface area is 169 Å². The molecule has 0 fully saturated rings. The molecule has 0 saturated heterocycles. The second kappa shape index (κ2) is 7.79. The molecule has 0 aliphatic heterocycles. The number of rotatable bonds is 5. The SMILES string of the molecule is O=C(CNc1ccc2nnc(-c3cc(Cl)cc(Cl)c3)n2n1)Nc1ccccn1. The number of halogens is 2. The maximum absolute atomic E-state index is 12.1. The minimum Gasteiger partial charge on any atom is -0.360 e. The zero-order chi connectivity index (χ0) is 19.5. The average molecular weight is 414 g/mol. The first kappa shape index (κ1) is 18.1. The first-order chi connectivity index (χ1) is 13.6. The number of pyridine rings is 1.